The summed E-state index contributed by atoms with van der Waals surface area (Å²) in [5, 5.41) is 4.19. The minimum absolute atomic E-state index is 0.303. The van der Waals surface area contributed by atoms with Gasteiger partial charge in [-0.2, -0.15) is 5.10 Å². The Labute approximate surface area is 128 Å². The molecule has 7 heteroatoms. The van der Waals surface area contributed by atoms with Crippen molar-refractivity contribution in [1.29, 1.82) is 0 Å². The van der Waals surface area contributed by atoms with Crippen LogP contribution in [0.4, 0.5) is 5.82 Å². The summed E-state index contributed by atoms with van der Waals surface area (Å²) in [5.41, 5.74) is 0. The highest BCUT2D eigenvalue weighted by Crippen LogP contribution is 2.31. The average Bonchev–Trinajstić information content (AvgIpc) is 3.28. The molecule has 2 aromatic heterocycles. The molecule has 0 unspecified atom stereocenters. The summed E-state index contributed by atoms with van der Waals surface area (Å²) in [6, 6.07) is 3.80. The van der Waals surface area contributed by atoms with Crippen molar-refractivity contribution in [1.82, 2.24) is 24.6 Å². The van der Waals surface area contributed by atoms with E-state index in [1.807, 2.05) is 23.2 Å². The second-order valence-electron chi connectivity index (χ2n) is 5.77. The number of carbonyl (C=O) groups excluding carboxylic acids is 1. The second kappa shape index (κ2) is 5.40. The van der Waals surface area contributed by atoms with E-state index in [1.165, 1.54) is 0 Å². The van der Waals surface area contributed by atoms with Crippen molar-refractivity contribution < 1.29 is 4.79 Å². The molecule has 1 saturated carbocycles. The Morgan fingerprint density at radius 2 is 1.86 bits per heavy atom. The number of nitrogens with zero attached hydrogens (tertiary/aromatic N) is 6. The van der Waals surface area contributed by atoms with E-state index in [1.54, 1.807) is 17.2 Å². The van der Waals surface area contributed by atoms with Gasteiger partial charge in [0, 0.05) is 50.6 Å². The first-order chi connectivity index (χ1) is 10.8. The van der Waals surface area contributed by atoms with Crippen molar-refractivity contribution in [3.8, 4) is 5.82 Å². The van der Waals surface area contributed by atoms with Gasteiger partial charge in [-0.3, -0.25) is 4.79 Å². The molecule has 1 aliphatic heterocycles. The smallest absolute Gasteiger partial charge is 0.225 e. The Balaban J connectivity index is 1.45. The van der Waals surface area contributed by atoms with Crippen LogP contribution in [0, 0.1) is 5.92 Å². The van der Waals surface area contributed by atoms with E-state index >= 15 is 0 Å². The zero-order chi connectivity index (χ0) is 14.9. The van der Waals surface area contributed by atoms with Gasteiger partial charge in [0.2, 0.25) is 5.91 Å². The largest absolute Gasteiger partial charge is 0.353 e. The van der Waals surface area contributed by atoms with E-state index in [2.05, 4.69) is 20.0 Å². The second-order valence-corrected chi connectivity index (χ2v) is 5.77. The van der Waals surface area contributed by atoms with Gasteiger partial charge in [0.15, 0.2) is 5.82 Å². The summed E-state index contributed by atoms with van der Waals surface area (Å²) in [5.74, 6) is 2.28. The van der Waals surface area contributed by atoms with Gasteiger partial charge in [-0.25, -0.2) is 14.6 Å². The summed E-state index contributed by atoms with van der Waals surface area (Å²) >= 11 is 0. The lowest BCUT2D eigenvalue weighted by Gasteiger charge is -2.35. The van der Waals surface area contributed by atoms with Crippen LogP contribution >= 0.6 is 0 Å². The van der Waals surface area contributed by atoms with Gasteiger partial charge in [0.25, 0.3) is 0 Å². The summed E-state index contributed by atoms with van der Waals surface area (Å²) in [4.78, 5) is 24.9. The van der Waals surface area contributed by atoms with Gasteiger partial charge in [-0.1, -0.05) is 0 Å². The molecule has 1 saturated heterocycles. The van der Waals surface area contributed by atoms with E-state index in [-0.39, 0.29) is 0 Å². The molecule has 2 fully saturated rings. The van der Waals surface area contributed by atoms with Crippen LogP contribution in [-0.2, 0) is 4.79 Å². The topological polar surface area (TPSA) is 67.2 Å². The maximum atomic E-state index is 12.1. The molecule has 3 heterocycles. The first kappa shape index (κ1) is 13.2. The number of aromatic nitrogens is 4. The first-order valence-electron chi connectivity index (χ1n) is 7.67. The maximum absolute atomic E-state index is 12.1. The number of rotatable bonds is 3. The lowest BCUT2D eigenvalue weighted by atomic mass is 10.2. The highest BCUT2D eigenvalue weighted by atomic mass is 16.2. The third kappa shape index (κ3) is 2.54. The van der Waals surface area contributed by atoms with Gasteiger partial charge in [-0.15, -0.1) is 0 Å². The molecule has 0 atom stereocenters. The van der Waals surface area contributed by atoms with Crippen LogP contribution in [0.5, 0.6) is 0 Å². The Hall–Kier alpha value is -2.44. The number of anilines is 1. The molecule has 22 heavy (non-hydrogen) atoms. The monoisotopic (exact) mass is 298 g/mol. The predicted molar refractivity (Wildman–Crippen MR) is 80.7 cm³/mol. The van der Waals surface area contributed by atoms with Crippen molar-refractivity contribution in [2.75, 3.05) is 31.1 Å². The number of carbonyl (C=O) groups is 1. The zero-order valence-electron chi connectivity index (χ0n) is 12.3. The SMILES string of the molecule is O=C(C1CC1)N1CCN(c2cc(-n3cccn3)ncn2)CC1. The highest BCUT2D eigenvalue weighted by molar-refractivity contribution is 5.81. The van der Waals surface area contributed by atoms with Crippen molar-refractivity contribution in [2.24, 2.45) is 5.92 Å². The summed E-state index contributed by atoms with van der Waals surface area (Å²) < 4.78 is 1.72. The number of amides is 1. The molecule has 0 bridgehead atoms. The number of hydrogen-bond acceptors (Lipinski definition) is 5. The van der Waals surface area contributed by atoms with Gasteiger partial charge < -0.3 is 9.80 Å². The van der Waals surface area contributed by atoms with Gasteiger partial charge in [-0.05, 0) is 18.9 Å². The number of piperazine rings is 1. The quantitative estimate of drug-likeness (QED) is 0.835. The molecule has 1 amide bonds. The van der Waals surface area contributed by atoms with E-state index in [0.29, 0.717) is 11.8 Å². The minimum atomic E-state index is 0.303. The van der Waals surface area contributed by atoms with Gasteiger partial charge in [0.1, 0.15) is 12.1 Å². The molecule has 2 aromatic rings. The third-order valence-corrected chi connectivity index (χ3v) is 4.22. The highest BCUT2D eigenvalue weighted by Gasteiger charge is 2.34. The molecule has 2 aliphatic rings. The molecule has 4 rings (SSSR count). The van der Waals surface area contributed by atoms with Gasteiger partial charge >= 0.3 is 0 Å². The Kier molecular flexibility index (Phi) is 3.25. The van der Waals surface area contributed by atoms with Gasteiger partial charge in [0.05, 0.1) is 0 Å². The standard InChI is InChI=1S/C15H18N6O/c22-15(12-2-3-12)20-8-6-19(7-9-20)13-10-14(17-11-16-13)21-5-1-4-18-21/h1,4-5,10-12H,2-3,6-9H2. The van der Waals surface area contributed by atoms with Crippen LogP contribution < -0.4 is 4.90 Å². The van der Waals surface area contributed by atoms with Crippen LogP contribution in [-0.4, -0.2) is 56.7 Å². The molecule has 0 aromatic carbocycles. The average molecular weight is 298 g/mol. The van der Waals surface area contributed by atoms with E-state index in [4.69, 9.17) is 0 Å². The summed E-state index contributed by atoms with van der Waals surface area (Å²) in [6.45, 7) is 3.18. The molecule has 7 nitrogen and oxygen atoms in total. The Morgan fingerprint density at radius 1 is 1.09 bits per heavy atom. The Morgan fingerprint density at radius 3 is 2.55 bits per heavy atom. The fraction of sp³-hybridized carbons (Fsp3) is 0.467. The van der Waals surface area contributed by atoms with Crippen molar-refractivity contribution >= 4 is 11.7 Å². The van der Waals surface area contributed by atoms with Crippen molar-refractivity contribution in [3.63, 3.8) is 0 Å². The van der Waals surface area contributed by atoms with Crippen LogP contribution in [0.15, 0.2) is 30.9 Å². The molecule has 1 aliphatic carbocycles. The lowest BCUT2D eigenvalue weighted by Crippen LogP contribution is -2.49. The zero-order valence-corrected chi connectivity index (χ0v) is 12.3. The van der Waals surface area contributed by atoms with Crippen LogP contribution in [0.3, 0.4) is 0 Å². The summed E-state index contributed by atoms with van der Waals surface area (Å²) in [7, 11) is 0. The van der Waals surface area contributed by atoms with Crippen LogP contribution in [0.1, 0.15) is 12.8 Å². The fourth-order valence-electron chi connectivity index (χ4n) is 2.78. The normalized spacial score (nSPS) is 18.5. The molecular formula is C15H18N6O. The molecule has 0 radical (unpaired) electrons. The van der Waals surface area contributed by atoms with Crippen molar-refractivity contribution in [2.45, 2.75) is 12.8 Å². The van der Waals surface area contributed by atoms with Crippen LogP contribution in [0.25, 0.3) is 5.82 Å². The third-order valence-electron chi connectivity index (χ3n) is 4.22. The predicted octanol–water partition coefficient (Wildman–Crippen LogP) is 0.721. The first-order valence-corrected chi connectivity index (χ1v) is 7.67. The van der Waals surface area contributed by atoms with E-state index in [9.17, 15) is 4.79 Å². The lowest BCUT2D eigenvalue weighted by molar-refractivity contribution is -0.132. The van der Waals surface area contributed by atoms with Crippen molar-refractivity contribution in [3.05, 3.63) is 30.9 Å². The Bertz CT molecular complexity index is 658. The maximum Gasteiger partial charge on any atom is 0.225 e. The molecule has 114 valence electrons. The minimum Gasteiger partial charge on any atom is -0.353 e. The summed E-state index contributed by atoms with van der Waals surface area (Å²) in [6.07, 6.45) is 7.28. The van der Waals surface area contributed by atoms with Crippen LogP contribution in [0.2, 0.25) is 0 Å². The van der Waals surface area contributed by atoms with E-state index < -0.39 is 0 Å². The molecule has 0 N–H and O–H groups in total. The van der Waals surface area contributed by atoms with E-state index in [0.717, 1.165) is 50.7 Å². The number of hydrogen-bond donors (Lipinski definition) is 0. The molecule has 0 spiro atoms. The fourth-order valence-corrected chi connectivity index (χ4v) is 2.78. The molecular weight excluding hydrogens is 280 g/mol.